The van der Waals surface area contributed by atoms with Crippen LogP contribution in [0.3, 0.4) is 0 Å². The Kier molecular flexibility index (Phi) is 5.84. The van der Waals surface area contributed by atoms with Crippen LogP contribution in [0, 0.1) is 10.1 Å². The van der Waals surface area contributed by atoms with Crippen LogP contribution in [-0.2, 0) is 4.74 Å². The van der Waals surface area contributed by atoms with Gasteiger partial charge in [0.25, 0.3) is 17.5 Å². The Bertz CT molecular complexity index is 823. The van der Waals surface area contributed by atoms with Crippen molar-refractivity contribution in [2.45, 2.75) is 0 Å². The zero-order valence-electron chi connectivity index (χ0n) is 14.5. The smallest absolute Gasteiger partial charge is 0.287 e. The van der Waals surface area contributed by atoms with E-state index in [0.29, 0.717) is 31.1 Å². The topological polar surface area (TPSA) is 145 Å². The van der Waals surface area contributed by atoms with Crippen LogP contribution in [-0.4, -0.2) is 71.0 Å². The van der Waals surface area contributed by atoms with Crippen LogP contribution in [0.4, 0.5) is 11.4 Å². The molecule has 1 aliphatic rings. The van der Waals surface area contributed by atoms with E-state index in [4.69, 9.17) is 4.74 Å². The molecule has 27 heavy (non-hydrogen) atoms. The lowest BCUT2D eigenvalue weighted by Gasteiger charge is -2.26. The van der Waals surface area contributed by atoms with E-state index in [1.165, 1.54) is 12.3 Å². The maximum absolute atomic E-state index is 12.2. The number of rotatable bonds is 7. The molecule has 0 aliphatic carbocycles. The molecule has 0 radical (unpaired) electrons. The number of aromatic amines is 2. The zero-order valence-corrected chi connectivity index (χ0v) is 14.5. The van der Waals surface area contributed by atoms with Crippen LogP contribution in [0.25, 0.3) is 0 Å². The van der Waals surface area contributed by atoms with E-state index in [1.807, 2.05) is 0 Å². The monoisotopic (exact) mass is 376 g/mol. The van der Waals surface area contributed by atoms with Crippen molar-refractivity contribution in [3.8, 4) is 0 Å². The first-order valence-electron chi connectivity index (χ1n) is 8.44. The van der Waals surface area contributed by atoms with Gasteiger partial charge in [0, 0.05) is 38.4 Å². The predicted octanol–water partition coefficient (Wildman–Crippen LogP) is 0.565. The van der Waals surface area contributed by atoms with Gasteiger partial charge >= 0.3 is 0 Å². The van der Waals surface area contributed by atoms with E-state index in [-0.39, 0.29) is 17.3 Å². The molecule has 144 valence electrons. The van der Waals surface area contributed by atoms with Gasteiger partial charge in [0.1, 0.15) is 11.4 Å². The number of ether oxygens (including phenoxy) is 1. The second-order valence-electron chi connectivity index (χ2n) is 5.99. The summed E-state index contributed by atoms with van der Waals surface area (Å²) in [6.45, 7) is 4.36. The molecule has 0 saturated carbocycles. The summed E-state index contributed by atoms with van der Waals surface area (Å²) in [7, 11) is 0. The molecule has 11 nitrogen and oxygen atoms in total. The normalized spacial score (nSPS) is 14.7. The minimum Gasteiger partial charge on any atom is -0.379 e. The molecular weight excluding hydrogens is 356 g/mol. The summed E-state index contributed by atoms with van der Waals surface area (Å²) < 4.78 is 5.27. The van der Waals surface area contributed by atoms with Gasteiger partial charge in [-0.05, 0) is 6.07 Å². The number of hydrogen-bond acceptors (Lipinski definition) is 6. The van der Waals surface area contributed by atoms with Crippen LogP contribution in [0.5, 0.6) is 0 Å². The highest BCUT2D eigenvalue weighted by Crippen LogP contribution is 2.15. The number of nitrogens with one attached hydrogen (secondary N) is 4. The largest absolute Gasteiger partial charge is 0.379 e. The molecule has 2 amide bonds. The minimum absolute atomic E-state index is 0.0550. The molecule has 2 aromatic heterocycles. The Morgan fingerprint density at radius 3 is 2.56 bits per heavy atom. The molecule has 4 N–H and O–H groups in total. The number of carbonyl (C=O) groups excluding carboxylic acids is 2. The van der Waals surface area contributed by atoms with Crippen molar-refractivity contribution in [2.24, 2.45) is 0 Å². The molecule has 0 spiro atoms. The van der Waals surface area contributed by atoms with Crippen molar-refractivity contribution in [2.75, 3.05) is 44.7 Å². The fraction of sp³-hybridized carbons (Fsp3) is 0.375. The summed E-state index contributed by atoms with van der Waals surface area (Å²) in [6, 6.07) is 2.64. The second kappa shape index (κ2) is 8.47. The van der Waals surface area contributed by atoms with Gasteiger partial charge in [-0.25, -0.2) is 0 Å². The quantitative estimate of drug-likeness (QED) is 0.410. The Labute approximate surface area is 154 Å². The van der Waals surface area contributed by atoms with Crippen LogP contribution in [0.15, 0.2) is 24.5 Å². The average Bonchev–Trinajstić information content (AvgIpc) is 3.32. The van der Waals surface area contributed by atoms with Crippen molar-refractivity contribution < 1.29 is 19.2 Å². The van der Waals surface area contributed by atoms with E-state index in [2.05, 4.69) is 25.5 Å². The number of nitrogens with zero attached hydrogens (tertiary/aromatic N) is 2. The Balaban J connectivity index is 1.48. The van der Waals surface area contributed by atoms with E-state index >= 15 is 0 Å². The molecule has 3 rings (SSSR count). The first-order valence-corrected chi connectivity index (χ1v) is 8.44. The Morgan fingerprint density at radius 1 is 1.15 bits per heavy atom. The summed E-state index contributed by atoms with van der Waals surface area (Å²) in [5.41, 5.74) is 0.550. The predicted molar refractivity (Wildman–Crippen MR) is 95.8 cm³/mol. The average molecular weight is 376 g/mol. The van der Waals surface area contributed by atoms with Gasteiger partial charge in [-0.2, -0.15) is 0 Å². The number of hydrogen-bond donors (Lipinski definition) is 4. The maximum atomic E-state index is 12.2. The van der Waals surface area contributed by atoms with Crippen molar-refractivity contribution in [1.29, 1.82) is 0 Å². The van der Waals surface area contributed by atoms with Gasteiger partial charge in [0.05, 0.1) is 30.0 Å². The number of H-pyrrole nitrogens is 2. The van der Waals surface area contributed by atoms with Crippen molar-refractivity contribution in [1.82, 2.24) is 20.2 Å². The molecule has 1 aliphatic heterocycles. The summed E-state index contributed by atoms with van der Waals surface area (Å²) >= 11 is 0. The first kappa shape index (κ1) is 18.6. The van der Waals surface area contributed by atoms with Gasteiger partial charge in [0.15, 0.2) is 0 Å². The molecule has 1 fully saturated rings. The highest BCUT2D eigenvalue weighted by atomic mass is 16.6. The molecule has 11 heteroatoms. The highest BCUT2D eigenvalue weighted by molar-refractivity contribution is 6.04. The molecule has 2 aromatic rings. The third-order valence-electron chi connectivity index (χ3n) is 4.13. The summed E-state index contributed by atoms with van der Waals surface area (Å²) in [5.74, 6) is -0.819. The van der Waals surface area contributed by atoms with Gasteiger partial charge in [-0.1, -0.05) is 0 Å². The lowest BCUT2D eigenvalue weighted by atomic mass is 10.3. The Hall–Kier alpha value is -3.18. The Morgan fingerprint density at radius 2 is 1.85 bits per heavy atom. The van der Waals surface area contributed by atoms with Crippen molar-refractivity contribution >= 4 is 23.2 Å². The molecular formula is C16H20N6O5. The third-order valence-corrected chi connectivity index (χ3v) is 4.13. The SMILES string of the molecule is O=C(NCCN1CCOCC1)c1cc(NC(=O)c2cc([N+](=O)[O-])c[nH]2)c[nH]1. The number of aromatic nitrogens is 2. The lowest BCUT2D eigenvalue weighted by Crippen LogP contribution is -2.41. The second-order valence-corrected chi connectivity index (χ2v) is 5.99. The summed E-state index contributed by atoms with van der Waals surface area (Å²) in [4.78, 5) is 41.8. The fourth-order valence-electron chi connectivity index (χ4n) is 2.66. The molecule has 0 atom stereocenters. The first-order chi connectivity index (χ1) is 13.0. The van der Waals surface area contributed by atoms with E-state index in [1.54, 1.807) is 0 Å². The van der Waals surface area contributed by atoms with Crippen molar-refractivity contribution in [3.63, 3.8) is 0 Å². The molecule has 0 bridgehead atoms. The van der Waals surface area contributed by atoms with Crippen molar-refractivity contribution in [3.05, 3.63) is 46.0 Å². The molecule has 0 aromatic carbocycles. The number of morpholine rings is 1. The van der Waals surface area contributed by atoms with Crippen LogP contribution in [0.1, 0.15) is 21.0 Å². The van der Waals surface area contributed by atoms with Gasteiger partial charge < -0.3 is 25.3 Å². The highest BCUT2D eigenvalue weighted by Gasteiger charge is 2.16. The third kappa shape index (κ3) is 4.92. The van der Waals surface area contributed by atoms with E-state index in [9.17, 15) is 19.7 Å². The van der Waals surface area contributed by atoms with E-state index < -0.39 is 10.8 Å². The van der Waals surface area contributed by atoms with Gasteiger partial charge in [-0.15, -0.1) is 0 Å². The maximum Gasteiger partial charge on any atom is 0.287 e. The fourth-order valence-corrected chi connectivity index (χ4v) is 2.66. The van der Waals surface area contributed by atoms with Crippen LogP contribution >= 0.6 is 0 Å². The summed E-state index contributed by atoms with van der Waals surface area (Å²) in [5, 5.41) is 16.0. The molecule has 1 saturated heterocycles. The zero-order chi connectivity index (χ0) is 19.2. The number of carbonyl (C=O) groups is 2. The number of amides is 2. The van der Waals surface area contributed by atoms with E-state index in [0.717, 1.165) is 31.9 Å². The molecule has 3 heterocycles. The van der Waals surface area contributed by atoms with Crippen LogP contribution < -0.4 is 10.6 Å². The molecule has 0 unspecified atom stereocenters. The standard InChI is InChI=1S/C16H20N6O5/c23-15(17-1-2-21-3-5-27-6-4-21)13-7-11(9-18-13)20-16(24)14-8-12(10-19-14)22(25)26/h7-10,18-19H,1-6H2,(H,17,23)(H,20,24). The number of nitro groups is 1. The van der Waals surface area contributed by atoms with Gasteiger partial charge in [0.2, 0.25) is 0 Å². The lowest BCUT2D eigenvalue weighted by molar-refractivity contribution is -0.384. The summed E-state index contributed by atoms with van der Waals surface area (Å²) in [6.07, 6.45) is 2.62. The van der Waals surface area contributed by atoms with Gasteiger partial charge in [-0.3, -0.25) is 24.6 Å². The van der Waals surface area contributed by atoms with Crippen LogP contribution in [0.2, 0.25) is 0 Å². The minimum atomic E-state index is -0.594. The number of anilines is 1.